The van der Waals surface area contributed by atoms with Crippen LogP contribution in [0.2, 0.25) is 0 Å². The minimum Gasteiger partial charge on any atom is -0.116 e. The van der Waals surface area contributed by atoms with E-state index in [9.17, 15) is 0 Å². The molecule has 20 valence electrons. The molecule has 0 atom stereocenters. The molecule has 0 heterocycles. The molecule has 2 N–H and O–H groups in total. The van der Waals surface area contributed by atoms with E-state index in [2.05, 4.69) is 11.3 Å². The van der Waals surface area contributed by atoms with Gasteiger partial charge in [0, 0.05) is 0 Å². The Kier molecular flexibility index (Phi) is 2.05. The summed E-state index contributed by atoms with van der Waals surface area (Å²) in [5, 5.41) is 7.33. The maximum absolute atomic E-state index is 7.33. The van der Waals surface area contributed by atoms with E-state index in [0.29, 0.717) is 0 Å². The fraction of sp³-hybridized carbons (Fsp3) is 0. The van der Waals surface area contributed by atoms with Crippen molar-refractivity contribution in [1.82, 2.24) is 5.43 Å². The maximum atomic E-state index is 7.33. The van der Waals surface area contributed by atoms with Crippen LogP contribution in [0.5, 0.6) is 0 Å². The Bertz CT molecular complexity index is 33.0. The zero-order valence-electron chi connectivity index (χ0n) is 1.97. The van der Waals surface area contributed by atoms with Gasteiger partial charge in [-0.15, -0.1) is 5.26 Å². The average molecular weight is 56.0 g/mol. The summed E-state index contributed by atoms with van der Waals surface area (Å²) >= 11 is 0. The Balaban J connectivity index is 2.43. The van der Waals surface area contributed by atoms with Crippen molar-refractivity contribution >= 4 is 0 Å². The minimum atomic E-state index is 1.33. The quantitative estimate of drug-likeness (QED) is 0.218. The molecule has 0 aliphatic rings. The number of hydrogen-bond acceptors (Lipinski definition) is 2. The summed E-state index contributed by atoms with van der Waals surface area (Å²) in [7, 11) is 0. The molecule has 0 rings (SSSR count). The summed E-state index contributed by atoms with van der Waals surface area (Å²) in [6, 6.07) is 0. The first kappa shape index (κ1) is 3.41. The van der Waals surface area contributed by atoms with Crippen LogP contribution in [0.4, 0.5) is 0 Å². The van der Waals surface area contributed by atoms with Crippen LogP contribution in [-0.2, 0) is 0 Å². The van der Waals surface area contributed by atoms with E-state index in [1.165, 1.54) is 6.19 Å². The minimum absolute atomic E-state index is 1.33. The van der Waals surface area contributed by atoms with Crippen molar-refractivity contribution in [3.63, 3.8) is 0 Å². The van der Waals surface area contributed by atoms with Crippen LogP contribution in [-0.4, -0.2) is 0 Å². The van der Waals surface area contributed by atoms with Crippen molar-refractivity contribution in [3.8, 4) is 6.19 Å². The summed E-state index contributed by atoms with van der Waals surface area (Å²) in [5.41, 5.74) is 2.54. The second kappa shape index (κ2) is 2.41. The van der Waals surface area contributed by atoms with Crippen LogP contribution in [0, 0.1) is 11.5 Å². The topological polar surface area (TPSA) is 63.9 Å². The van der Waals surface area contributed by atoms with Crippen molar-refractivity contribution in [1.29, 1.82) is 5.26 Å². The van der Waals surface area contributed by atoms with Gasteiger partial charge < -0.3 is 0 Å². The molecule has 0 spiro atoms. The number of nitrogens with two attached hydrogens (primary N) is 1. The third-order valence-electron chi connectivity index (χ3n) is 0.0577. The van der Waals surface area contributed by atoms with Crippen molar-refractivity contribution in [2.24, 2.45) is 5.84 Å². The van der Waals surface area contributed by atoms with Gasteiger partial charge in [0.1, 0.15) is 0 Å². The van der Waals surface area contributed by atoms with Gasteiger partial charge in [0.05, 0.1) is 0 Å². The lowest BCUT2D eigenvalue weighted by Gasteiger charge is -1.24. The summed E-state index contributed by atoms with van der Waals surface area (Å²) in [5.74, 6) is 4.29. The van der Waals surface area contributed by atoms with E-state index in [0.717, 1.165) is 0 Å². The zero-order chi connectivity index (χ0) is 3.41. The zero-order valence-corrected chi connectivity index (χ0v) is 1.97. The van der Waals surface area contributed by atoms with E-state index < -0.39 is 0 Å². The van der Waals surface area contributed by atoms with Gasteiger partial charge in [0.15, 0.2) is 0 Å². The molecule has 2 radical (unpaired) electrons. The van der Waals surface area contributed by atoms with Gasteiger partial charge in [-0.25, -0.2) is 0 Å². The molecule has 0 saturated heterocycles. The Morgan fingerprint density at radius 1 is 2.00 bits per heavy atom. The molecule has 4 heavy (non-hydrogen) atoms. The fourth-order valence-electron chi connectivity index (χ4n) is 0. The first-order valence-corrected chi connectivity index (χ1v) is 0.705. The van der Waals surface area contributed by atoms with Crippen LogP contribution < -0.4 is 11.3 Å². The predicted molar refractivity (Wildman–Crippen MR) is 11.9 cm³/mol. The Morgan fingerprint density at radius 2 is 2.25 bits per heavy atom. The summed E-state index contributed by atoms with van der Waals surface area (Å²) in [6.07, 6.45) is 1.33. The molecule has 3 nitrogen and oxygen atoms in total. The van der Waals surface area contributed by atoms with E-state index in [1.807, 2.05) is 0 Å². The van der Waals surface area contributed by atoms with Crippen molar-refractivity contribution in [2.75, 3.05) is 0 Å². The largest absolute Gasteiger partial charge is 0.464 e. The summed E-state index contributed by atoms with van der Waals surface area (Å²) in [6.45, 7) is 0. The van der Waals surface area contributed by atoms with Crippen molar-refractivity contribution in [3.05, 3.63) is 0 Å². The smallest absolute Gasteiger partial charge is 0.116 e. The molecule has 0 aromatic heterocycles. The van der Waals surface area contributed by atoms with Crippen LogP contribution in [0.3, 0.4) is 0 Å². The molecule has 0 aromatic carbocycles. The maximum Gasteiger partial charge on any atom is 0.464 e. The molecule has 0 bridgehead atoms. The summed E-state index contributed by atoms with van der Waals surface area (Å²) < 4.78 is 0. The van der Waals surface area contributed by atoms with Gasteiger partial charge >= 0.3 is 11.6 Å². The predicted octanol–water partition coefficient (Wildman–Crippen LogP) is -1.05. The highest BCUT2D eigenvalue weighted by molar-refractivity contribution is 4.52. The average Bonchev–Trinajstić information content (AvgIpc) is 1.37. The van der Waals surface area contributed by atoms with Gasteiger partial charge in [-0.3, -0.25) is 0 Å². The molecule has 0 amide bonds. The number of rotatable bonds is 0. The fourth-order valence-corrected chi connectivity index (χ4v) is 0. The van der Waals surface area contributed by atoms with E-state index in [1.54, 1.807) is 0 Å². The Labute approximate surface area is 24.0 Å². The lowest BCUT2D eigenvalue weighted by Crippen LogP contribution is -2.02. The first-order valence-electron chi connectivity index (χ1n) is 0.705. The van der Waals surface area contributed by atoms with Crippen LogP contribution in [0.1, 0.15) is 0 Å². The molecular weight excluding hydrogens is 54.0 g/mol. The van der Waals surface area contributed by atoms with E-state index >= 15 is 0 Å². The van der Waals surface area contributed by atoms with Gasteiger partial charge in [0.25, 0.3) is 0 Å². The highest BCUT2D eigenvalue weighted by Crippen LogP contribution is 1.15. The van der Waals surface area contributed by atoms with Gasteiger partial charge in [-0.05, 0) is 5.84 Å². The first-order chi connectivity index (χ1) is 1.91. The standard InChI is InChI=1S/CH2N3/c2-1-4-3/h3H2/q+1. The Hall–Kier alpha value is -0.590. The molecule has 0 saturated carbocycles. The highest BCUT2D eigenvalue weighted by Gasteiger charge is 1.76. The molecule has 3 heteroatoms. The van der Waals surface area contributed by atoms with Gasteiger partial charge in [-0.2, -0.15) is 0 Å². The molecule has 0 aliphatic heterocycles. The van der Waals surface area contributed by atoms with Crippen molar-refractivity contribution < 1.29 is 0 Å². The second-order valence-electron chi connectivity index (χ2n) is 0.229. The normalized spacial score (nSPS) is 5.00. The van der Waals surface area contributed by atoms with Crippen LogP contribution >= 0.6 is 0 Å². The molecule has 0 aliphatic carbocycles. The van der Waals surface area contributed by atoms with Crippen LogP contribution in [0.25, 0.3) is 0 Å². The second-order valence-corrected chi connectivity index (χ2v) is 0.229. The Morgan fingerprint density at radius 3 is 2.25 bits per heavy atom. The van der Waals surface area contributed by atoms with Crippen LogP contribution in [0.15, 0.2) is 0 Å². The third kappa shape index (κ3) is 1.41. The number of hydrogen-bond donors (Lipinski definition) is 1. The molecule has 0 aromatic rings. The van der Waals surface area contributed by atoms with E-state index in [-0.39, 0.29) is 0 Å². The molecule has 0 unspecified atom stereocenters. The molecule has 0 fully saturated rings. The highest BCUT2D eigenvalue weighted by atomic mass is 15.2. The lowest BCUT2D eigenvalue weighted by molar-refractivity contribution is 0.963. The van der Waals surface area contributed by atoms with Gasteiger partial charge in [0.2, 0.25) is 0 Å². The van der Waals surface area contributed by atoms with Crippen molar-refractivity contribution in [2.45, 2.75) is 0 Å². The number of nitrogens with zero attached hydrogens (tertiary/aromatic N) is 2. The third-order valence-corrected chi connectivity index (χ3v) is 0.0577. The van der Waals surface area contributed by atoms with Gasteiger partial charge in [-0.1, -0.05) is 0 Å². The SMILES string of the molecule is N#C[N+]N. The lowest BCUT2D eigenvalue weighted by atomic mass is 11.4. The number of nitriles is 1. The molecular formula is CH2N3+. The summed E-state index contributed by atoms with van der Waals surface area (Å²) in [4.78, 5) is 0. The van der Waals surface area contributed by atoms with E-state index in [4.69, 9.17) is 5.26 Å². The monoisotopic (exact) mass is 56.0 g/mol.